The summed E-state index contributed by atoms with van der Waals surface area (Å²) in [6.45, 7) is 4.41. The standard InChI is InChI=1S/C16H21N5O4/c1-12-6-14(19-25-12)15(22)20-4-5-23-9-16(8-20)3-2-13(24-16)7-21-11-17-10-18-21/h6,10-11,13H,2-5,7-9H2,1H3/t13-,16-/m0/s1. The zero-order valence-electron chi connectivity index (χ0n) is 14.1. The molecule has 0 N–H and O–H groups in total. The van der Waals surface area contributed by atoms with Crippen molar-refractivity contribution in [2.24, 2.45) is 0 Å². The maximum Gasteiger partial charge on any atom is 0.276 e. The number of carbonyl (C=O) groups is 1. The summed E-state index contributed by atoms with van der Waals surface area (Å²) in [7, 11) is 0. The molecule has 25 heavy (non-hydrogen) atoms. The molecule has 0 unspecified atom stereocenters. The Hall–Kier alpha value is -2.26. The summed E-state index contributed by atoms with van der Waals surface area (Å²) in [5.41, 5.74) is -0.150. The molecule has 2 aromatic heterocycles. The first kappa shape index (κ1) is 16.2. The van der Waals surface area contributed by atoms with Gasteiger partial charge in [0.25, 0.3) is 5.91 Å². The van der Waals surface area contributed by atoms with Gasteiger partial charge in [0.1, 0.15) is 24.0 Å². The van der Waals surface area contributed by atoms with Crippen molar-refractivity contribution >= 4 is 5.91 Å². The van der Waals surface area contributed by atoms with E-state index in [2.05, 4.69) is 15.2 Å². The summed E-state index contributed by atoms with van der Waals surface area (Å²) in [5.74, 6) is 0.471. The van der Waals surface area contributed by atoms with E-state index < -0.39 is 5.60 Å². The molecule has 9 nitrogen and oxygen atoms in total. The van der Waals surface area contributed by atoms with Crippen molar-refractivity contribution in [2.75, 3.05) is 26.3 Å². The number of aromatic nitrogens is 4. The molecule has 2 atom stereocenters. The Bertz CT molecular complexity index is 731. The molecule has 0 saturated carbocycles. The summed E-state index contributed by atoms with van der Waals surface area (Å²) < 4.78 is 18.8. The summed E-state index contributed by atoms with van der Waals surface area (Å²) in [6, 6.07) is 1.66. The molecule has 0 aliphatic carbocycles. The van der Waals surface area contributed by atoms with Crippen LogP contribution in [-0.4, -0.2) is 68.7 Å². The van der Waals surface area contributed by atoms with Crippen LogP contribution in [0.4, 0.5) is 0 Å². The van der Waals surface area contributed by atoms with Crippen molar-refractivity contribution in [2.45, 2.75) is 38.0 Å². The Balaban J connectivity index is 1.45. The van der Waals surface area contributed by atoms with Crippen LogP contribution in [0.15, 0.2) is 23.2 Å². The third-order valence-electron chi connectivity index (χ3n) is 4.68. The van der Waals surface area contributed by atoms with Crippen molar-refractivity contribution in [3.63, 3.8) is 0 Å². The number of hydrogen-bond acceptors (Lipinski definition) is 7. The minimum absolute atomic E-state index is 0.0367. The molecule has 0 radical (unpaired) electrons. The molecule has 134 valence electrons. The van der Waals surface area contributed by atoms with Gasteiger partial charge < -0.3 is 18.9 Å². The van der Waals surface area contributed by atoms with Crippen molar-refractivity contribution in [1.82, 2.24) is 24.8 Å². The molecule has 2 aliphatic rings. The molecular formula is C16H21N5O4. The van der Waals surface area contributed by atoms with Crippen LogP contribution >= 0.6 is 0 Å². The van der Waals surface area contributed by atoms with Crippen molar-refractivity contribution < 1.29 is 18.8 Å². The van der Waals surface area contributed by atoms with E-state index in [-0.39, 0.29) is 12.0 Å². The number of nitrogens with zero attached hydrogens (tertiary/aromatic N) is 5. The van der Waals surface area contributed by atoms with Gasteiger partial charge in [-0.1, -0.05) is 5.16 Å². The summed E-state index contributed by atoms with van der Waals surface area (Å²) in [5, 5.41) is 7.96. The zero-order valence-corrected chi connectivity index (χ0v) is 14.1. The fourth-order valence-electron chi connectivity index (χ4n) is 3.49. The molecule has 2 aromatic rings. The third kappa shape index (κ3) is 3.42. The quantitative estimate of drug-likeness (QED) is 0.805. The summed E-state index contributed by atoms with van der Waals surface area (Å²) in [4.78, 5) is 18.4. The maximum absolute atomic E-state index is 12.7. The fourth-order valence-corrected chi connectivity index (χ4v) is 3.49. The second-order valence-corrected chi connectivity index (χ2v) is 6.68. The van der Waals surface area contributed by atoms with Gasteiger partial charge in [0.05, 0.1) is 32.4 Å². The Morgan fingerprint density at radius 3 is 3.16 bits per heavy atom. The number of aryl methyl sites for hydroxylation is 1. The average Bonchev–Trinajstić information content (AvgIpc) is 3.30. The molecule has 4 heterocycles. The predicted octanol–water partition coefficient (Wildman–Crippen LogP) is 0.665. The molecular weight excluding hydrogens is 326 g/mol. The van der Waals surface area contributed by atoms with Crippen LogP contribution in [0.1, 0.15) is 29.1 Å². The second kappa shape index (κ2) is 6.57. The molecule has 0 bridgehead atoms. The van der Waals surface area contributed by atoms with E-state index in [0.717, 1.165) is 12.8 Å². The number of amides is 1. The topological polar surface area (TPSA) is 95.5 Å². The minimum atomic E-state index is -0.476. The molecule has 2 fully saturated rings. The summed E-state index contributed by atoms with van der Waals surface area (Å²) >= 11 is 0. The van der Waals surface area contributed by atoms with Gasteiger partial charge in [-0.15, -0.1) is 0 Å². The van der Waals surface area contributed by atoms with Gasteiger partial charge in [0.2, 0.25) is 0 Å². The molecule has 1 amide bonds. The van der Waals surface area contributed by atoms with Crippen LogP contribution in [0.5, 0.6) is 0 Å². The first-order valence-electron chi connectivity index (χ1n) is 8.44. The third-order valence-corrected chi connectivity index (χ3v) is 4.68. The number of carbonyl (C=O) groups excluding carboxylic acids is 1. The van der Waals surface area contributed by atoms with Gasteiger partial charge in [-0.3, -0.25) is 9.48 Å². The summed E-state index contributed by atoms with van der Waals surface area (Å²) in [6.07, 6.45) is 4.97. The maximum atomic E-state index is 12.7. The van der Waals surface area contributed by atoms with E-state index in [9.17, 15) is 4.79 Å². The lowest BCUT2D eigenvalue weighted by Crippen LogP contribution is -2.47. The molecule has 4 rings (SSSR count). The van der Waals surface area contributed by atoms with Crippen LogP contribution in [0.3, 0.4) is 0 Å². The van der Waals surface area contributed by atoms with E-state index in [1.165, 1.54) is 6.33 Å². The highest BCUT2D eigenvalue weighted by atomic mass is 16.6. The van der Waals surface area contributed by atoms with Crippen LogP contribution in [0, 0.1) is 6.92 Å². The van der Waals surface area contributed by atoms with E-state index in [1.54, 1.807) is 28.9 Å². The second-order valence-electron chi connectivity index (χ2n) is 6.68. The first-order chi connectivity index (χ1) is 12.1. The minimum Gasteiger partial charge on any atom is -0.377 e. The van der Waals surface area contributed by atoms with Gasteiger partial charge in [-0.2, -0.15) is 5.10 Å². The van der Waals surface area contributed by atoms with Crippen LogP contribution < -0.4 is 0 Å². The van der Waals surface area contributed by atoms with Gasteiger partial charge in [-0.05, 0) is 19.8 Å². The monoisotopic (exact) mass is 347 g/mol. The number of hydrogen-bond donors (Lipinski definition) is 0. The lowest BCUT2D eigenvalue weighted by Gasteiger charge is -2.31. The highest BCUT2D eigenvalue weighted by molar-refractivity contribution is 5.92. The Kier molecular flexibility index (Phi) is 4.26. The molecule has 0 aromatic carbocycles. The van der Waals surface area contributed by atoms with E-state index in [4.69, 9.17) is 14.0 Å². The Labute approximate surface area is 144 Å². The van der Waals surface area contributed by atoms with E-state index in [0.29, 0.717) is 44.3 Å². The first-order valence-corrected chi connectivity index (χ1v) is 8.44. The largest absolute Gasteiger partial charge is 0.377 e. The van der Waals surface area contributed by atoms with Crippen LogP contribution in [0.25, 0.3) is 0 Å². The van der Waals surface area contributed by atoms with Crippen molar-refractivity contribution in [3.8, 4) is 0 Å². The van der Waals surface area contributed by atoms with Gasteiger partial charge in [0, 0.05) is 12.6 Å². The normalized spacial score (nSPS) is 26.9. The number of ether oxygens (including phenoxy) is 2. The highest BCUT2D eigenvalue weighted by Crippen LogP contribution is 2.34. The molecule has 9 heteroatoms. The lowest BCUT2D eigenvalue weighted by molar-refractivity contribution is -0.0881. The van der Waals surface area contributed by atoms with E-state index >= 15 is 0 Å². The zero-order chi connectivity index (χ0) is 17.3. The van der Waals surface area contributed by atoms with Gasteiger partial charge >= 0.3 is 0 Å². The van der Waals surface area contributed by atoms with Crippen LogP contribution in [0.2, 0.25) is 0 Å². The smallest absolute Gasteiger partial charge is 0.276 e. The average molecular weight is 347 g/mol. The number of rotatable bonds is 3. The predicted molar refractivity (Wildman–Crippen MR) is 84.8 cm³/mol. The highest BCUT2D eigenvalue weighted by Gasteiger charge is 2.44. The van der Waals surface area contributed by atoms with Gasteiger partial charge in [-0.25, -0.2) is 4.98 Å². The SMILES string of the molecule is Cc1cc(C(=O)N2CCOC[C@]3(CC[C@@H](Cn4cncn4)O3)C2)no1. The van der Waals surface area contributed by atoms with Crippen molar-refractivity contribution in [3.05, 3.63) is 30.2 Å². The van der Waals surface area contributed by atoms with E-state index in [1.807, 2.05) is 0 Å². The van der Waals surface area contributed by atoms with Gasteiger partial charge in [0.15, 0.2) is 5.69 Å². The molecule has 2 saturated heterocycles. The lowest BCUT2D eigenvalue weighted by atomic mass is 10.00. The van der Waals surface area contributed by atoms with Crippen LogP contribution in [-0.2, 0) is 16.0 Å². The Morgan fingerprint density at radius 1 is 1.48 bits per heavy atom. The molecule has 1 spiro atoms. The molecule has 2 aliphatic heterocycles. The van der Waals surface area contributed by atoms with Crippen molar-refractivity contribution in [1.29, 1.82) is 0 Å². The Morgan fingerprint density at radius 2 is 2.40 bits per heavy atom. The fraction of sp³-hybridized carbons (Fsp3) is 0.625.